The summed E-state index contributed by atoms with van der Waals surface area (Å²) in [7, 11) is 0. The number of carbonyl (C=O) groups is 1. The second kappa shape index (κ2) is 7.25. The fraction of sp³-hybridized carbons (Fsp3) is 0.800. The van der Waals surface area contributed by atoms with Crippen molar-refractivity contribution in [2.45, 2.75) is 76.4 Å². The van der Waals surface area contributed by atoms with E-state index in [1.54, 1.807) is 11.8 Å². The Bertz CT molecular complexity index is 264. The number of rotatable bonds is 6. The number of hydrogen-bond donors (Lipinski definition) is 0. The van der Waals surface area contributed by atoms with E-state index in [4.69, 9.17) is 0 Å². The highest BCUT2D eigenvalue weighted by Crippen LogP contribution is 2.44. The summed E-state index contributed by atoms with van der Waals surface area (Å²) in [6.45, 7) is 7.84. The quantitative estimate of drug-likeness (QED) is 0.484. The molecular formula is C15H26OS. The lowest BCUT2D eigenvalue weighted by atomic mass is 9.84. The minimum absolute atomic E-state index is 0.211. The van der Waals surface area contributed by atoms with E-state index in [-0.39, 0.29) is 9.86 Å². The average Bonchev–Trinajstić information content (AvgIpc) is 2.30. The number of carbonyl (C=O) groups excluding carboxylic acids is 1. The second-order valence-electron chi connectivity index (χ2n) is 5.37. The molecule has 2 heteroatoms. The molecule has 0 N–H and O–H groups in total. The molecule has 0 bridgehead atoms. The van der Waals surface area contributed by atoms with Crippen molar-refractivity contribution in [2.75, 3.05) is 0 Å². The van der Waals surface area contributed by atoms with E-state index in [0.29, 0.717) is 5.57 Å². The number of hydrogen-bond acceptors (Lipinski definition) is 2. The molecule has 1 fully saturated rings. The molecule has 0 atom stereocenters. The van der Waals surface area contributed by atoms with Crippen molar-refractivity contribution in [3.05, 3.63) is 12.2 Å². The van der Waals surface area contributed by atoms with Crippen LogP contribution in [0.5, 0.6) is 0 Å². The van der Waals surface area contributed by atoms with Gasteiger partial charge in [-0.05, 0) is 31.8 Å². The summed E-state index contributed by atoms with van der Waals surface area (Å²) in [5.74, 6) is 0. The molecule has 1 aliphatic rings. The van der Waals surface area contributed by atoms with Gasteiger partial charge in [0.25, 0.3) is 0 Å². The maximum atomic E-state index is 11.9. The summed E-state index contributed by atoms with van der Waals surface area (Å²) >= 11 is 1.59. The van der Waals surface area contributed by atoms with Crippen molar-refractivity contribution >= 4 is 16.9 Å². The number of unbranched alkanes of at least 4 members (excludes halogenated alkanes) is 2. The van der Waals surface area contributed by atoms with Crippen molar-refractivity contribution in [1.82, 2.24) is 0 Å². The highest BCUT2D eigenvalue weighted by molar-refractivity contribution is 8.15. The Morgan fingerprint density at radius 3 is 2.41 bits per heavy atom. The van der Waals surface area contributed by atoms with Gasteiger partial charge in [-0.1, -0.05) is 63.8 Å². The first-order valence-electron chi connectivity index (χ1n) is 6.98. The van der Waals surface area contributed by atoms with Crippen LogP contribution >= 0.6 is 11.8 Å². The van der Waals surface area contributed by atoms with E-state index in [0.717, 1.165) is 0 Å². The SMILES string of the molecule is C=C(C)C(=O)SC1(CCCCC)CCCCC1. The molecule has 1 rings (SSSR count). The minimum Gasteiger partial charge on any atom is -0.282 e. The van der Waals surface area contributed by atoms with Crippen molar-refractivity contribution in [2.24, 2.45) is 0 Å². The van der Waals surface area contributed by atoms with Crippen LogP contribution in [-0.4, -0.2) is 9.86 Å². The predicted octanol–water partition coefficient (Wildman–Crippen LogP) is 5.11. The van der Waals surface area contributed by atoms with Gasteiger partial charge in [0.15, 0.2) is 0 Å². The standard InChI is InChI=1S/C15H26OS/c1-4-5-7-10-15(11-8-6-9-12-15)17-14(16)13(2)3/h2,4-12H2,1,3H3. The number of thioether (sulfide) groups is 1. The average molecular weight is 254 g/mol. The van der Waals surface area contributed by atoms with Gasteiger partial charge in [-0.25, -0.2) is 0 Å². The Kier molecular flexibility index (Phi) is 6.32. The summed E-state index contributed by atoms with van der Waals surface area (Å²) in [4.78, 5) is 11.9. The zero-order chi connectivity index (χ0) is 12.7. The monoisotopic (exact) mass is 254 g/mol. The first-order chi connectivity index (χ1) is 8.09. The Hall–Kier alpha value is -0.240. The summed E-state index contributed by atoms with van der Waals surface area (Å²) < 4.78 is 0.240. The van der Waals surface area contributed by atoms with Crippen LogP contribution in [0.1, 0.15) is 71.6 Å². The highest BCUT2D eigenvalue weighted by atomic mass is 32.2. The Morgan fingerprint density at radius 1 is 1.24 bits per heavy atom. The summed E-state index contributed by atoms with van der Waals surface area (Å²) in [6.07, 6.45) is 11.4. The lowest BCUT2D eigenvalue weighted by Gasteiger charge is -2.36. The van der Waals surface area contributed by atoms with Gasteiger partial charge in [0, 0.05) is 4.75 Å². The molecule has 1 nitrogen and oxygen atoms in total. The molecule has 0 saturated heterocycles. The van der Waals surface area contributed by atoms with Crippen molar-refractivity contribution in [1.29, 1.82) is 0 Å². The van der Waals surface area contributed by atoms with Gasteiger partial charge >= 0.3 is 0 Å². The maximum Gasteiger partial charge on any atom is 0.214 e. The van der Waals surface area contributed by atoms with Crippen LogP contribution < -0.4 is 0 Å². The Balaban J connectivity index is 2.57. The predicted molar refractivity (Wildman–Crippen MR) is 77.4 cm³/mol. The van der Waals surface area contributed by atoms with Crippen molar-refractivity contribution in [3.8, 4) is 0 Å². The molecule has 17 heavy (non-hydrogen) atoms. The molecule has 0 heterocycles. The Labute approximate surface area is 110 Å². The van der Waals surface area contributed by atoms with Crippen molar-refractivity contribution in [3.63, 3.8) is 0 Å². The zero-order valence-electron chi connectivity index (χ0n) is 11.4. The maximum absolute atomic E-state index is 11.9. The van der Waals surface area contributed by atoms with E-state index in [9.17, 15) is 4.79 Å². The van der Waals surface area contributed by atoms with Gasteiger partial charge in [0.05, 0.1) is 0 Å². The third-order valence-electron chi connectivity index (χ3n) is 3.66. The van der Waals surface area contributed by atoms with Crippen LogP contribution in [0.25, 0.3) is 0 Å². The largest absolute Gasteiger partial charge is 0.282 e. The van der Waals surface area contributed by atoms with Gasteiger partial charge in [0.1, 0.15) is 0 Å². The highest BCUT2D eigenvalue weighted by Gasteiger charge is 2.34. The van der Waals surface area contributed by atoms with E-state index in [1.807, 2.05) is 6.92 Å². The van der Waals surface area contributed by atoms with Crippen LogP contribution in [0, 0.1) is 0 Å². The molecule has 0 aromatic carbocycles. The van der Waals surface area contributed by atoms with Crippen LogP contribution in [0.3, 0.4) is 0 Å². The molecule has 1 aliphatic carbocycles. The zero-order valence-corrected chi connectivity index (χ0v) is 12.2. The topological polar surface area (TPSA) is 17.1 Å². The van der Waals surface area contributed by atoms with E-state index in [1.165, 1.54) is 57.8 Å². The molecule has 0 radical (unpaired) electrons. The van der Waals surface area contributed by atoms with Gasteiger partial charge in [-0.15, -0.1) is 0 Å². The van der Waals surface area contributed by atoms with E-state index in [2.05, 4.69) is 13.5 Å². The molecule has 0 spiro atoms. The fourth-order valence-corrected chi connectivity index (χ4v) is 3.89. The summed E-state index contributed by atoms with van der Waals surface area (Å²) in [5.41, 5.74) is 0.704. The lowest BCUT2D eigenvalue weighted by molar-refractivity contribution is -0.107. The normalized spacial score (nSPS) is 18.9. The first-order valence-corrected chi connectivity index (χ1v) is 7.80. The van der Waals surface area contributed by atoms with Crippen LogP contribution in [0.4, 0.5) is 0 Å². The van der Waals surface area contributed by atoms with E-state index < -0.39 is 0 Å². The second-order valence-corrected chi connectivity index (χ2v) is 6.81. The first kappa shape index (κ1) is 14.8. The third-order valence-corrected chi connectivity index (χ3v) is 5.24. The summed E-state index contributed by atoms with van der Waals surface area (Å²) in [5, 5.41) is 0.211. The Morgan fingerprint density at radius 2 is 1.88 bits per heavy atom. The van der Waals surface area contributed by atoms with Gasteiger partial charge in [-0.2, -0.15) is 0 Å². The molecule has 0 amide bonds. The van der Waals surface area contributed by atoms with Gasteiger partial charge in [0.2, 0.25) is 5.12 Å². The minimum atomic E-state index is 0.211. The fourth-order valence-electron chi connectivity index (χ4n) is 2.58. The summed E-state index contributed by atoms with van der Waals surface area (Å²) in [6, 6.07) is 0. The van der Waals surface area contributed by atoms with E-state index >= 15 is 0 Å². The lowest BCUT2D eigenvalue weighted by Crippen LogP contribution is -2.29. The third kappa shape index (κ3) is 4.87. The molecule has 0 aromatic rings. The van der Waals surface area contributed by atoms with Crippen molar-refractivity contribution < 1.29 is 4.79 Å². The van der Waals surface area contributed by atoms with Gasteiger partial charge in [-0.3, -0.25) is 4.79 Å². The van der Waals surface area contributed by atoms with Gasteiger partial charge < -0.3 is 0 Å². The molecule has 0 aromatic heterocycles. The molecular weight excluding hydrogens is 228 g/mol. The molecule has 0 unspecified atom stereocenters. The van der Waals surface area contributed by atoms with Crippen LogP contribution in [-0.2, 0) is 4.79 Å². The molecule has 1 saturated carbocycles. The molecule has 98 valence electrons. The van der Waals surface area contributed by atoms with Crippen LogP contribution in [0.2, 0.25) is 0 Å². The smallest absolute Gasteiger partial charge is 0.214 e. The van der Waals surface area contributed by atoms with Crippen LogP contribution in [0.15, 0.2) is 12.2 Å². The molecule has 0 aliphatic heterocycles.